The predicted octanol–water partition coefficient (Wildman–Crippen LogP) is 1.87. The van der Waals surface area contributed by atoms with Crippen LogP contribution in [0.15, 0.2) is 28.8 Å². The number of aromatic nitrogens is 2. The van der Waals surface area contributed by atoms with E-state index in [-0.39, 0.29) is 24.6 Å². The SMILES string of the molecule is CC(C)(C)OC(=O)NCC(O)Cc1nc(-c2ccc(O)cc2)no1. The van der Waals surface area contributed by atoms with E-state index in [0.717, 1.165) is 0 Å². The number of phenols is 1. The van der Waals surface area contributed by atoms with Crippen molar-refractivity contribution in [2.75, 3.05) is 6.54 Å². The molecule has 1 atom stereocenters. The van der Waals surface area contributed by atoms with Gasteiger partial charge in [-0.25, -0.2) is 4.79 Å². The third-order valence-corrected chi connectivity index (χ3v) is 2.88. The Labute approximate surface area is 139 Å². The highest BCUT2D eigenvalue weighted by atomic mass is 16.6. The van der Waals surface area contributed by atoms with Crippen LogP contribution in [-0.2, 0) is 11.2 Å². The van der Waals surface area contributed by atoms with E-state index in [2.05, 4.69) is 15.5 Å². The van der Waals surface area contributed by atoms with Gasteiger partial charge in [-0.3, -0.25) is 0 Å². The average molecular weight is 335 g/mol. The Hall–Kier alpha value is -2.61. The summed E-state index contributed by atoms with van der Waals surface area (Å²) < 4.78 is 10.2. The highest BCUT2D eigenvalue weighted by Crippen LogP contribution is 2.19. The minimum absolute atomic E-state index is 0.00579. The maximum absolute atomic E-state index is 11.5. The number of nitrogens with one attached hydrogen (secondary N) is 1. The van der Waals surface area contributed by atoms with Gasteiger partial charge >= 0.3 is 6.09 Å². The topological polar surface area (TPSA) is 118 Å². The molecule has 24 heavy (non-hydrogen) atoms. The molecule has 0 radical (unpaired) electrons. The molecule has 1 aromatic carbocycles. The van der Waals surface area contributed by atoms with Gasteiger partial charge in [-0.2, -0.15) is 4.98 Å². The first kappa shape index (κ1) is 17.7. The zero-order valence-electron chi connectivity index (χ0n) is 13.8. The maximum Gasteiger partial charge on any atom is 0.407 e. The molecule has 0 fully saturated rings. The number of hydrogen-bond donors (Lipinski definition) is 3. The van der Waals surface area contributed by atoms with Gasteiger partial charge in [0.25, 0.3) is 0 Å². The number of amides is 1. The van der Waals surface area contributed by atoms with Crippen LogP contribution in [0, 0.1) is 0 Å². The van der Waals surface area contributed by atoms with Gasteiger partial charge in [-0.15, -0.1) is 0 Å². The molecule has 1 amide bonds. The summed E-state index contributed by atoms with van der Waals surface area (Å²) in [4.78, 5) is 15.7. The number of aliphatic hydroxyl groups excluding tert-OH is 1. The van der Waals surface area contributed by atoms with Gasteiger partial charge in [0.1, 0.15) is 11.4 Å². The van der Waals surface area contributed by atoms with Gasteiger partial charge in [0.2, 0.25) is 11.7 Å². The number of alkyl carbamates (subject to hydrolysis) is 1. The van der Waals surface area contributed by atoms with Gasteiger partial charge in [-0.1, -0.05) is 5.16 Å². The number of carbonyl (C=O) groups is 1. The molecule has 2 aromatic rings. The first-order valence-corrected chi connectivity index (χ1v) is 7.50. The highest BCUT2D eigenvalue weighted by Gasteiger charge is 2.18. The number of aliphatic hydroxyl groups is 1. The number of phenolic OH excluding ortho intramolecular Hbond substituents is 1. The lowest BCUT2D eigenvalue weighted by Gasteiger charge is -2.20. The Kier molecular flexibility index (Phi) is 5.40. The number of hydrogen-bond acceptors (Lipinski definition) is 7. The Morgan fingerprint density at radius 3 is 2.62 bits per heavy atom. The van der Waals surface area contributed by atoms with E-state index in [1.807, 2.05) is 0 Å². The molecule has 0 aliphatic rings. The van der Waals surface area contributed by atoms with E-state index in [9.17, 15) is 15.0 Å². The Morgan fingerprint density at radius 1 is 1.33 bits per heavy atom. The number of nitrogens with zero attached hydrogens (tertiary/aromatic N) is 2. The van der Waals surface area contributed by atoms with Crippen molar-refractivity contribution >= 4 is 6.09 Å². The van der Waals surface area contributed by atoms with Crippen molar-refractivity contribution in [1.82, 2.24) is 15.5 Å². The summed E-state index contributed by atoms with van der Waals surface area (Å²) in [6, 6.07) is 6.35. The van der Waals surface area contributed by atoms with E-state index >= 15 is 0 Å². The predicted molar refractivity (Wildman–Crippen MR) is 85.3 cm³/mol. The second-order valence-corrected chi connectivity index (χ2v) is 6.30. The van der Waals surface area contributed by atoms with Gasteiger partial charge in [0.15, 0.2) is 0 Å². The minimum atomic E-state index is -0.884. The number of benzene rings is 1. The van der Waals surface area contributed by atoms with Crippen molar-refractivity contribution in [3.63, 3.8) is 0 Å². The van der Waals surface area contributed by atoms with Crippen LogP contribution >= 0.6 is 0 Å². The lowest BCUT2D eigenvalue weighted by Crippen LogP contribution is -2.37. The zero-order chi connectivity index (χ0) is 17.7. The van der Waals surface area contributed by atoms with Crippen LogP contribution in [0.3, 0.4) is 0 Å². The fraction of sp³-hybridized carbons (Fsp3) is 0.438. The quantitative estimate of drug-likeness (QED) is 0.763. The molecule has 3 N–H and O–H groups in total. The monoisotopic (exact) mass is 335 g/mol. The fourth-order valence-electron chi connectivity index (χ4n) is 1.85. The van der Waals surface area contributed by atoms with E-state index in [1.165, 1.54) is 12.1 Å². The van der Waals surface area contributed by atoms with Crippen molar-refractivity contribution in [1.29, 1.82) is 0 Å². The summed E-state index contributed by atoms with van der Waals surface area (Å²) in [5.41, 5.74) is 0.0877. The Balaban J connectivity index is 1.85. The van der Waals surface area contributed by atoms with Crippen LogP contribution in [0.2, 0.25) is 0 Å². The summed E-state index contributed by atoms with van der Waals surface area (Å²) in [7, 11) is 0. The molecule has 0 bridgehead atoms. The maximum atomic E-state index is 11.5. The molecule has 0 aliphatic heterocycles. The first-order valence-electron chi connectivity index (χ1n) is 7.50. The second kappa shape index (κ2) is 7.31. The molecule has 0 saturated heterocycles. The fourth-order valence-corrected chi connectivity index (χ4v) is 1.85. The minimum Gasteiger partial charge on any atom is -0.508 e. The summed E-state index contributed by atoms with van der Waals surface area (Å²) in [5.74, 6) is 0.750. The Bertz CT molecular complexity index is 676. The number of aromatic hydroxyl groups is 1. The molecule has 0 aliphatic carbocycles. The zero-order valence-corrected chi connectivity index (χ0v) is 13.8. The van der Waals surface area contributed by atoms with Crippen LogP contribution in [0.1, 0.15) is 26.7 Å². The van der Waals surface area contributed by atoms with Gasteiger partial charge in [-0.05, 0) is 45.0 Å². The van der Waals surface area contributed by atoms with Crippen molar-refractivity contribution in [3.05, 3.63) is 30.2 Å². The highest BCUT2D eigenvalue weighted by molar-refractivity contribution is 5.67. The van der Waals surface area contributed by atoms with E-state index in [1.54, 1.807) is 32.9 Å². The molecule has 1 unspecified atom stereocenters. The van der Waals surface area contributed by atoms with E-state index < -0.39 is 17.8 Å². The number of carbonyl (C=O) groups excluding carboxylic acids is 1. The third-order valence-electron chi connectivity index (χ3n) is 2.88. The molecule has 2 rings (SSSR count). The molecule has 0 saturated carbocycles. The van der Waals surface area contributed by atoms with Gasteiger partial charge in [0, 0.05) is 12.1 Å². The lowest BCUT2D eigenvalue weighted by atomic mass is 10.2. The van der Waals surface area contributed by atoms with Gasteiger partial charge in [0.05, 0.1) is 12.5 Å². The molecule has 1 heterocycles. The van der Waals surface area contributed by atoms with Crippen molar-refractivity contribution in [2.24, 2.45) is 0 Å². The molecular formula is C16H21N3O5. The van der Waals surface area contributed by atoms with Crippen molar-refractivity contribution in [2.45, 2.75) is 38.9 Å². The summed E-state index contributed by atoms with van der Waals surface area (Å²) in [6.07, 6.45) is -1.39. The van der Waals surface area contributed by atoms with Gasteiger partial charge < -0.3 is 24.8 Å². The first-order chi connectivity index (χ1) is 11.2. The van der Waals surface area contributed by atoms with Crippen LogP contribution in [-0.4, -0.2) is 44.7 Å². The summed E-state index contributed by atoms with van der Waals surface area (Å²) in [5, 5.41) is 25.5. The molecule has 1 aromatic heterocycles. The van der Waals surface area contributed by atoms with E-state index in [0.29, 0.717) is 11.4 Å². The molecule has 130 valence electrons. The van der Waals surface area contributed by atoms with Crippen LogP contribution in [0.4, 0.5) is 4.79 Å². The average Bonchev–Trinajstić information content (AvgIpc) is 2.92. The van der Waals surface area contributed by atoms with Crippen LogP contribution in [0.25, 0.3) is 11.4 Å². The molecule has 0 spiro atoms. The molecule has 8 nitrogen and oxygen atoms in total. The third kappa shape index (κ3) is 5.54. The van der Waals surface area contributed by atoms with E-state index in [4.69, 9.17) is 9.26 Å². The van der Waals surface area contributed by atoms with Crippen LogP contribution in [0.5, 0.6) is 5.75 Å². The normalized spacial score (nSPS) is 12.7. The smallest absolute Gasteiger partial charge is 0.407 e. The number of ether oxygens (including phenoxy) is 1. The largest absolute Gasteiger partial charge is 0.508 e. The second-order valence-electron chi connectivity index (χ2n) is 6.30. The lowest BCUT2D eigenvalue weighted by molar-refractivity contribution is 0.0488. The summed E-state index contributed by atoms with van der Waals surface area (Å²) >= 11 is 0. The van der Waals surface area contributed by atoms with Crippen molar-refractivity contribution < 1.29 is 24.3 Å². The standard InChI is InChI=1S/C16H21N3O5/c1-16(2,3)23-15(22)17-9-12(21)8-13-18-14(19-24-13)10-4-6-11(20)7-5-10/h4-7,12,20-21H,8-9H2,1-3H3,(H,17,22). The Morgan fingerprint density at radius 2 is 2.00 bits per heavy atom. The summed E-state index contributed by atoms with van der Waals surface area (Å²) in [6.45, 7) is 5.27. The van der Waals surface area contributed by atoms with Crippen molar-refractivity contribution in [3.8, 4) is 17.1 Å². The molecular weight excluding hydrogens is 314 g/mol. The number of rotatable bonds is 5. The molecule has 8 heteroatoms. The van der Waals surface area contributed by atoms with Crippen LogP contribution < -0.4 is 5.32 Å².